The molecule has 0 spiro atoms. The minimum atomic E-state index is -5.99. The maximum absolute atomic E-state index is 12.6. The summed E-state index contributed by atoms with van der Waals surface area (Å²) in [4.78, 5) is 6.40. The molecule has 1 rings (SSSR count). The highest BCUT2D eigenvalue weighted by Gasteiger charge is 2.76. The third kappa shape index (κ3) is 3.57. The molecule has 0 heterocycles. The lowest BCUT2D eigenvalue weighted by atomic mass is 9.80. The summed E-state index contributed by atoms with van der Waals surface area (Å²) in [5, 5.41) is 0. The average molecular weight is 341 g/mol. The molecular formula is C12H15ClF6O2. The molecule has 0 aromatic rings. The first-order valence-corrected chi connectivity index (χ1v) is 6.72. The molecule has 124 valence electrons. The molecule has 1 aliphatic rings. The molecule has 0 radical (unpaired) electrons. The molecule has 0 bridgehead atoms. The number of rotatable bonds is 2. The number of halogens is 7. The topological polar surface area (TPSA) is 26.3 Å². The van der Waals surface area contributed by atoms with Crippen molar-refractivity contribution in [3.63, 3.8) is 0 Å². The maximum atomic E-state index is 12.6. The van der Waals surface area contributed by atoms with Crippen molar-refractivity contribution in [1.82, 2.24) is 0 Å². The fourth-order valence-corrected chi connectivity index (χ4v) is 2.27. The molecule has 1 fully saturated rings. The van der Waals surface area contributed by atoms with Crippen LogP contribution < -0.4 is 0 Å². The van der Waals surface area contributed by atoms with Gasteiger partial charge in [0.25, 0.3) is 0 Å². The fourth-order valence-electron chi connectivity index (χ4n) is 2.23. The Morgan fingerprint density at radius 1 is 1.00 bits per heavy atom. The zero-order valence-corrected chi connectivity index (χ0v) is 12.1. The normalized spacial score (nSPS) is 28.3. The van der Waals surface area contributed by atoms with Crippen LogP contribution in [0.4, 0.5) is 26.3 Å². The number of alkyl halides is 7. The van der Waals surface area contributed by atoms with E-state index in [-0.39, 0.29) is 24.7 Å². The minimum absolute atomic E-state index is 0.0399. The van der Waals surface area contributed by atoms with E-state index in [9.17, 15) is 31.1 Å². The van der Waals surface area contributed by atoms with Crippen molar-refractivity contribution in [2.75, 3.05) is 0 Å². The third-order valence-electron chi connectivity index (χ3n) is 3.89. The Morgan fingerprint density at radius 3 is 1.86 bits per heavy atom. The Balaban J connectivity index is 2.89. The van der Waals surface area contributed by atoms with Gasteiger partial charge in [-0.3, -0.25) is 0 Å². The largest absolute Gasteiger partial charge is 0.461 e. The molecule has 0 N–H and O–H groups in total. The van der Waals surface area contributed by atoms with Crippen LogP contribution in [0, 0.1) is 11.8 Å². The van der Waals surface area contributed by atoms with Gasteiger partial charge in [-0.15, -0.1) is 0 Å². The van der Waals surface area contributed by atoms with E-state index in [1.165, 1.54) is 0 Å². The summed E-state index contributed by atoms with van der Waals surface area (Å²) in [6.07, 6.45) is -12.0. The number of hydrogen-bond acceptors (Lipinski definition) is 2. The van der Waals surface area contributed by atoms with Crippen molar-refractivity contribution in [1.29, 1.82) is 0 Å². The van der Waals surface area contributed by atoms with Gasteiger partial charge in [0.1, 0.15) is 6.10 Å². The van der Waals surface area contributed by atoms with E-state index in [4.69, 9.17) is 0 Å². The smallest absolute Gasteiger partial charge is 0.427 e. The van der Waals surface area contributed by atoms with Gasteiger partial charge in [-0.1, -0.05) is 25.4 Å². The zero-order chi connectivity index (χ0) is 16.6. The van der Waals surface area contributed by atoms with Crippen molar-refractivity contribution in [3.8, 4) is 0 Å². The molecule has 0 unspecified atom stereocenters. The fraction of sp³-hybridized carbons (Fsp3) is 0.917. The lowest BCUT2D eigenvalue weighted by Gasteiger charge is -2.35. The van der Waals surface area contributed by atoms with E-state index in [1.807, 2.05) is 6.92 Å². The van der Waals surface area contributed by atoms with Gasteiger partial charge in [0.15, 0.2) is 0 Å². The summed E-state index contributed by atoms with van der Waals surface area (Å²) < 4.78 is 80.0. The predicted octanol–water partition coefficient (Wildman–Crippen LogP) is 4.46. The Hall–Kier alpha value is -0.660. The number of carbonyl (C=O) groups excluding carboxylic acids is 1. The highest BCUT2D eigenvalue weighted by molar-refractivity contribution is 6.35. The molecule has 0 aromatic heterocycles. The summed E-state index contributed by atoms with van der Waals surface area (Å²) in [6.45, 7) is 3.71. The van der Waals surface area contributed by atoms with Crippen molar-refractivity contribution in [2.45, 2.75) is 56.4 Å². The number of esters is 1. The van der Waals surface area contributed by atoms with Crippen LogP contribution >= 0.6 is 11.6 Å². The first kappa shape index (κ1) is 18.4. The van der Waals surface area contributed by atoms with Crippen molar-refractivity contribution >= 4 is 17.6 Å². The molecule has 9 heteroatoms. The molecule has 0 aliphatic heterocycles. The molecular weight excluding hydrogens is 326 g/mol. The van der Waals surface area contributed by atoms with Gasteiger partial charge in [0.2, 0.25) is 0 Å². The summed E-state index contributed by atoms with van der Waals surface area (Å²) in [7, 11) is 0. The van der Waals surface area contributed by atoms with Crippen LogP contribution in [0.5, 0.6) is 0 Å². The van der Waals surface area contributed by atoms with Gasteiger partial charge in [-0.25, -0.2) is 4.79 Å². The monoisotopic (exact) mass is 340 g/mol. The molecule has 0 aromatic carbocycles. The molecule has 2 nitrogen and oxygen atoms in total. The number of hydrogen-bond donors (Lipinski definition) is 0. The first-order valence-electron chi connectivity index (χ1n) is 6.34. The zero-order valence-electron chi connectivity index (χ0n) is 11.3. The Labute approximate surface area is 122 Å². The maximum Gasteiger partial charge on any atom is 0.427 e. The van der Waals surface area contributed by atoms with E-state index >= 15 is 0 Å². The van der Waals surface area contributed by atoms with Gasteiger partial charge < -0.3 is 4.74 Å². The Kier molecular flexibility index (Phi) is 5.12. The van der Waals surface area contributed by atoms with E-state index in [1.54, 1.807) is 6.92 Å². The molecule has 21 heavy (non-hydrogen) atoms. The van der Waals surface area contributed by atoms with Gasteiger partial charge in [-0.2, -0.15) is 26.3 Å². The first-order chi connectivity index (χ1) is 9.30. The van der Waals surface area contributed by atoms with E-state index in [0.717, 1.165) is 0 Å². The van der Waals surface area contributed by atoms with Crippen LogP contribution in [-0.2, 0) is 9.53 Å². The van der Waals surface area contributed by atoms with Crippen molar-refractivity contribution in [2.24, 2.45) is 11.8 Å². The third-order valence-corrected chi connectivity index (χ3v) is 4.47. The summed E-state index contributed by atoms with van der Waals surface area (Å²) >= 11 is 4.60. The molecule has 1 aliphatic carbocycles. The predicted molar refractivity (Wildman–Crippen MR) is 62.8 cm³/mol. The standard InChI is InChI=1S/C12H15ClF6O2/c1-6-3-4-8(5-7(6)2)21-9(20)10(13,11(14,15)16)12(17,18)19/h6-8H,3-5H2,1-2H3/t6-,7+,8+/m1/s1. The number of carbonyl (C=O) groups is 1. The molecule has 0 amide bonds. The van der Waals surface area contributed by atoms with E-state index < -0.39 is 29.3 Å². The SMILES string of the molecule is C[C@@H]1CC[C@H](OC(=O)C(Cl)(C(F)(F)F)C(F)(F)F)C[C@@H]1C. The van der Waals surface area contributed by atoms with Crippen LogP contribution in [0.15, 0.2) is 0 Å². The van der Waals surface area contributed by atoms with Gasteiger partial charge >= 0.3 is 23.2 Å². The highest BCUT2D eigenvalue weighted by atomic mass is 35.5. The van der Waals surface area contributed by atoms with Crippen LogP contribution in [0.1, 0.15) is 33.1 Å². The molecule has 3 atom stereocenters. The van der Waals surface area contributed by atoms with Crippen LogP contribution in [0.3, 0.4) is 0 Å². The second kappa shape index (κ2) is 5.85. The minimum Gasteiger partial charge on any atom is -0.461 e. The second-order valence-corrected chi connectivity index (χ2v) is 6.02. The van der Waals surface area contributed by atoms with Crippen LogP contribution in [-0.4, -0.2) is 29.3 Å². The van der Waals surface area contributed by atoms with Gasteiger partial charge in [-0.05, 0) is 31.1 Å². The Bertz CT molecular complexity index is 378. The van der Waals surface area contributed by atoms with E-state index in [0.29, 0.717) is 6.42 Å². The molecule has 1 saturated carbocycles. The number of ether oxygens (including phenoxy) is 1. The molecule has 0 saturated heterocycles. The van der Waals surface area contributed by atoms with Crippen molar-refractivity contribution < 1.29 is 35.9 Å². The summed E-state index contributed by atoms with van der Waals surface area (Å²) in [6, 6.07) is 0. The second-order valence-electron chi connectivity index (χ2n) is 5.45. The summed E-state index contributed by atoms with van der Waals surface area (Å²) in [5.41, 5.74) is 0. The summed E-state index contributed by atoms with van der Waals surface area (Å²) in [5.74, 6) is -2.19. The van der Waals surface area contributed by atoms with Crippen LogP contribution in [0.2, 0.25) is 0 Å². The Morgan fingerprint density at radius 2 is 1.48 bits per heavy atom. The quantitative estimate of drug-likeness (QED) is 0.421. The lowest BCUT2D eigenvalue weighted by molar-refractivity contribution is -0.270. The van der Waals surface area contributed by atoms with Gasteiger partial charge in [0.05, 0.1) is 0 Å². The van der Waals surface area contributed by atoms with E-state index in [2.05, 4.69) is 16.3 Å². The van der Waals surface area contributed by atoms with Crippen LogP contribution in [0.25, 0.3) is 0 Å². The van der Waals surface area contributed by atoms with Gasteiger partial charge in [0, 0.05) is 0 Å². The highest BCUT2D eigenvalue weighted by Crippen LogP contribution is 2.49. The van der Waals surface area contributed by atoms with Crippen molar-refractivity contribution in [3.05, 3.63) is 0 Å². The lowest BCUT2D eigenvalue weighted by Crippen LogP contribution is -2.59. The average Bonchev–Trinajstić information content (AvgIpc) is 2.29.